The van der Waals surface area contributed by atoms with E-state index in [1.165, 1.54) is 41.8 Å². The molecule has 0 spiro atoms. The zero-order valence-corrected chi connectivity index (χ0v) is 25.7. The van der Waals surface area contributed by atoms with Crippen molar-refractivity contribution in [2.75, 3.05) is 37.6 Å². The molecule has 1 heterocycles. The van der Waals surface area contributed by atoms with Crippen molar-refractivity contribution in [2.45, 2.75) is 60.8 Å². The van der Waals surface area contributed by atoms with E-state index in [0.29, 0.717) is 5.84 Å². The first-order valence-corrected chi connectivity index (χ1v) is 15.2. The van der Waals surface area contributed by atoms with Crippen LogP contribution in [0.15, 0.2) is 106 Å². The predicted molar refractivity (Wildman–Crippen MR) is 177 cm³/mol. The van der Waals surface area contributed by atoms with Crippen LogP contribution in [0, 0.1) is 5.92 Å². The van der Waals surface area contributed by atoms with Crippen LogP contribution in [0.4, 0.5) is 5.69 Å². The van der Waals surface area contributed by atoms with Crippen LogP contribution < -0.4 is 10.6 Å². The first kappa shape index (κ1) is 31.2. The Hall–Kier alpha value is -3.37. The molecule has 2 N–H and O–H groups in total. The number of hydrogen-bond donors (Lipinski definition) is 1. The van der Waals surface area contributed by atoms with Gasteiger partial charge in [-0.2, -0.15) is 0 Å². The van der Waals surface area contributed by atoms with Gasteiger partial charge in [0.15, 0.2) is 0 Å². The third kappa shape index (κ3) is 7.22. The SMILES string of the molecule is C=C(C1=C(N=C(C)N)C2=C(c3ccc(N4CCN(CCCC)CC4)cc3)C=CC=CC12)C(/C=C\C)=C/CC.CC. The molecule has 1 fully saturated rings. The molecule has 0 saturated carbocycles. The molecule has 4 heteroatoms. The molecule has 1 aromatic carbocycles. The monoisotopic (exact) mass is 538 g/mol. The summed E-state index contributed by atoms with van der Waals surface area (Å²) in [4.78, 5) is 9.94. The van der Waals surface area contributed by atoms with Crippen LogP contribution in [0.25, 0.3) is 5.57 Å². The molecule has 0 bridgehead atoms. The van der Waals surface area contributed by atoms with E-state index in [1.54, 1.807) is 0 Å². The maximum atomic E-state index is 6.13. The molecule has 1 aromatic rings. The van der Waals surface area contributed by atoms with Crippen LogP contribution in [-0.4, -0.2) is 43.5 Å². The highest BCUT2D eigenvalue weighted by atomic mass is 15.3. The lowest BCUT2D eigenvalue weighted by molar-refractivity contribution is 0.254. The van der Waals surface area contributed by atoms with Crippen LogP contribution in [0.1, 0.15) is 66.4 Å². The molecule has 1 aliphatic heterocycles. The van der Waals surface area contributed by atoms with Crippen molar-refractivity contribution in [2.24, 2.45) is 16.6 Å². The minimum absolute atomic E-state index is 0.145. The fraction of sp³-hybridized carbons (Fsp3) is 0.417. The first-order valence-electron chi connectivity index (χ1n) is 15.2. The number of fused-ring (bicyclic) bond motifs is 1. The summed E-state index contributed by atoms with van der Waals surface area (Å²) in [6.07, 6.45) is 18.7. The lowest BCUT2D eigenvalue weighted by Gasteiger charge is -2.37. The van der Waals surface area contributed by atoms with Gasteiger partial charge >= 0.3 is 0 Å². The van der Waals surface area contributed by atoms with Crippen molar-refractivity contribution in [3.8, 4) is 0 Å². The molecule has 0 amide bonds. The molecular formula is C36H50N4. The molecule has 0 aromatic heterocycles. The third-order valence-electron chi connectivity index (χ3n) is 7.58. The number of benzene rings is 1. The van der Waals surface area contributed by atoms with Gasteiger partial charge in [-0.15, -0.1) is 0 Å². The summed E-state index contributed by atoms with van der Waals surface area (Å²) in [5.41, 5.74) is 15.4. The highest BCUT2D eigenvalue weighted by Crippen LogP contribution is 2.51. The zero-order chi connectivity index (χ0) is 29.1. The number of anilines is 1. The van der Waals surface area contributed by atoms with E-state index < -0.39 is 0 Å². The van der Waals surface area contributed by atoms with Gasteiger partial charge in [-0.1, -0.05) is 95.4 Å². The number of aliphatic imine (C=N–C) groups is 1. The van der Waals surface area contributed by atoms with E-state index in [2.05, 4.69) is 97.0 Å². The highest BCUT2D eigenvalue weighted by molar-refractivity contribution is 5.89. The summed E-state index contributed by atoms with van der Waals surface area (Å²) >= 11 is 0. The minimum Gasteiger partial charge on any atom is -0.387 e. The van der Waals surface area contributed by atoms with Crippen molar-refractivity contribution < 1.29 is 0 Å². The Bertz CT molecular complexity index is 1220. The summed E-state index contributed by atoms with van der Waals surface area (Å²) in [7, 11) is 0. The number of allylic oxidation sites excluding steroid dienone is 12. The Labute approximate surface area is 243 Å². The third-order valence-corrected chi connectivity index (χ3v) is 7.58. The second-order valence-corrected chi connectivity index (χ2v) is 10.3. The Kier molecular flexibility index (Phi) is 12.0. The first-order chi connectivity index (χ1) is 19.5. The fourth-order valence-electron chi connectivity index (χ4n) is 5.60. The van der Waals surface area contributed by atoms with Crippen molar-refractivity contribution in [3.05, 3.63) is 107 Å². The lowest BCUT2D eigenvalue weighted by Crippen LogP contribution is -2.46. The van der Waals surface area contributed by atoms with E-state index in [4.69, 9.17) is 10.7 Å². The lowest BCUT2D eigenvalue weighted by atomic mass is 9.69. The summed E-state index contributed by atoms with van der Waals surface area (Å²) in [6, 6.07) is 9.08. The van der Waals surface area contributed by atoms with Gasteiger partial charge in [0.2, 0.25) is 0 Å². The number of hydrogen-bond acceptors (Lipinski definition) is 3. The Balaban J connectivity index is 0.00000216. The van der Waals surface area contributed by atoms with Crippen molar-refractivity contribution in [1.82, 2.24) is 4.90 Å². The molecule has 4 nitrogen and oxygen atoms in total. The van der Waals surface area contributed by atoms with Gasteiger partial charge in [0.1, 0.15) is 0 Å². The van der Waals surface area contributed by atoms with E-state index in [9.17, 15) is 0 Å². The van der Waals surface area contributed by atoms with Crippen molar-refractivity contribution >= 4 is 17.1 Å². The van der Waals surface area contributed by atoms with Crippen molar-refractivity contribution in [3.63, 3.8) is 0 Å². The average Bonchev–Trinajstić information content (AvgIpc) is 3.16. The standard InChI is InChI=1S/C34H44N4.C2H6/c1-6-9-20-37-21-23-38(24-22-37)29-18-16-28(17-19-29)30-14-10-11-15-31-32(34(33(30)31)36-26(5)35)25(4)27(12-7-2)13-8-3;1-2/h7,10-19,31H,4,6,8-9,20-24H2,1-3,5H3,(H2,35,36);1-2H3/b12-7-,27-13+;. The molecule has 3 aliphatic rings. The summed E-state index contributed by atoms with van der Waals surface area (Å²) < 4.78 is 0. The highest BCUT2D eigenvalue weighted by Gasteiger charge is 2.38. The zero-order valence-electron chi connectivity index (χ0n) is 25.7. The fourth-order valence-corrected chi connectivity index (χ4v) is 5.60. The number of nitrogens with two attached hydrogens (primary N) is 1. The topological polar surface area (TPSA) is 44.9 Å². The minimum atomic E-state index is 0.145. The molecule has 40 heavy (non-hydrogen) atoms. The Morgan fingerprint density at radius 3 is 2.38 bits per heavy atom. The molecule has 1 unspecified atom stereocenters. The largest absolute Gasteiger partial charge is 0.387 e. The van der Waals surface area contributed by atoms with Crippen LogP contribution >= 0.6 is 0 Å². The van der Waals surface area contributed by atoms with Gasteiger partial charge in [-0.3, -0.25) is 4.90 Å². The Morgan fingerprint density at radius 2 is 1.77 bits per heavy atom. The predicted octanol–water partition coefficient (Wildman–Crippen LogP) is 8.24. The van der Waals surface area contributed by atoms with E-state index in [0.717, 1.165) is 55.0 Å². The maximum absolute atomic E-state index is 6.13. The van der Waals surface area contributed by atoms with E-state index in [1.807, 2.05) is 27.7 Å². The van der Waals surface area contributed by atoms with Crippen molar-refractivity contribution in [1.29, 1.82) is 0 Å². The van der Waals surface area contributed by atoms with Crippen LogP contribution in [0.5, 0.6) is 0 Å². The molecule has 1 atom stereocenters. The Morgan fingerprint density at radius 1 is 1.07 bits per heavy atom. The second-order valence-electron chi connectivity index (χ2n) is 10.3. The smallest absolute Gasteiger partial charge is 0.0965 e. The quantitative estimate of drug-likeness (QED) is 0.185. The van der Waals surface area contributed by atoms with Crippen LogP contribution in [-0.2, 0) is 0 Å². The number of amidine groups is 1. The number of rotatable bonds is 10. The van der Waals surface area contributed by atoms with Gasteiger partial charge < -0.3 is 10.6 Å². The summed E-state index contributed by atoms with van der Waals surface area (Å²) in [6.45, 7) is 22.5. The van der Waals surface area contributed by atoms with Gasteiger partial charge in [-0.25, -0.2) is 4.99 Å². The summed E-state index contributed by atoms with van der Waals surface area (Å²) in [5, 5.41) is 0. The van der Waals surface area contributed by atoms with Gasteiger partial charge in [-0.05, 0) is 78.8 Å². The number of nitrogens with zero attached hydrogens (tertiary/aromatic N) is 3. The van der Waals surface area contributed by atoms with E-state index in [-0.39, 0.29) is 5.92 Å². The maximum Gasteiger partial charge on any atom is 0.0965 e. The molecule has 0 radical (unpaired) electrons. The normalized spacial score (nSPS) is 19.9. The summed E-state index contributed by atoms with van der Waals surface area (Å²) in [5.74, 6) is 0.709. The number of piperazine rings is 1. The van der Waals surface area contributed by atoms with Gasteiger partial charge in [0.25, 0.3) is 0 Å². The van der Waals surface area contributed by atoms with Gasteiger partial charge in [0, 0.05) is 37.8 Å². The molecule has 1 saturated heterocycles. The second kappa shape index (κ2) is 15.4. The van der Waals surface area contributed by atoms with E-state index >= 15 is 0 Å². The molecule has 214 valence electrons. The van der Waals surface area contributed by atoms with Gasteiger partial charge in [0.05, 0.1) is 11.5 Å². The van der Waals surface area contributed by atoms with Crippen LogP contribution in [0.2, 0.25) is 0 Å². The molecule has 4 rings (SSSR count). The average molecular weight is 539 g/mol. The molecule has 2 aliphatic carbocycles. The van der Waals surface area contributed by atoms with Crippen LogP contribution in [0.3, 0.4) is 0 Å². The number of unbranched alkanes of at least 4 members (excludes halogenated alkanes) is 1. The molecular weight excluding hydrogens is 488 g/mol.